The topological polar surface area (TPSA) is 58.6 Å². The molecule has 18 heavy (non-hydrogen) atoms. The molecule has 1 N–H and O–H groups in total. The van der Waals surface area contributed by atoms with Crippen LogP contribution >= 0.6 is 0 Å². The normalized spacial score (nSPS) is 23.5. The predicted molar refractivity (Wildman–Crippen MR) is 69.1 cm³/mol. The first-order valence-corrected chi connectivity index (χ1v) is 6.57. The summed E-state index contributed by atoms with van der Waals surface area (Å²) in [5.74, 6) is -0.107. The Morgan fingerprint density at radius 2 is 2.11 bits per heavy atom. The zero-order valence-electron chi connectivity index (χ0n) is 11.6. The van der Waals surface area contributed by atoms with Gasteiger partial charge in [-0.05, 0) is 39.2 Å². The second-order valence-electron chi connectivity index (χ2n) is 5.12. The maximum atomic E-state index is 12.3. The molecule has 1 heterocycles. The molecule has 1 amide bonds. The van der Waals surface area contributed by atoms with E-state index in [1.54, 1.807) is 11.9 Å². The van der Waals surface area contributed by atoms with Gasteiger partial charge in [-0.3, -0.25) is 9.59 Å². The summed E-state index contributed by atoms with van der Waals surface area (Å²) in [5, 5.41) is 3.30. The van der Waals surface area contributed by atoms with Gasteiger partial charge >= 0.3 is 5.97 Å². The van der Waals surface area contributed by atoms with Crippen LogP contribution in [0.2, 0.25) is 0 Å². The molecular formula is C13H24N2O3. The van der Waals surface area contributed by atoms with E-state index in [1.165, 1.54) is 7.11 Å². The zero-order valence-corrected chi connectivity index (χ0v) is 11.6. The Labute approximate surface area is 109 Å². The summed E-state index contributed by atoms with van der Waals surface area (Å²) in [5.41, 5.74) is -0.432. The molecule has 1 unspecified atom stereocenters. The number of hydrogen-bond donors (Lipinski definition) is 1. The van der Waals surface area contributed by atoms with Crippen LogP contribution in [-0.2, 0) is 14.3 Å². The summed E-state index contributed by atoms with van der Waals surface area (Å²) in [6.45, 7) is 3.45. The van der Waals surface area contributed by atoms with Gasteiger partial charge in [-0.1, -0.05) is 0 Å². The van der Waals surface area contributed by atoms with E-state index in [9.17, 15) is 9.59 Å². The van der Waals surface area contributed by atoms with E-state index in [2.05, 4.69) is 10.1 Å². The SMILES string of the molecule is COC(=O)CCCN(C)C(=O)C1(C)CCCCN1. The molecule has 0 aromatic rings. The minimum Gasteiger partial charge on any atom is -0.469 e. The molecule has 1 aliphatic rings. The third-order valence-corrected chi connectivity index (χ3v) is 3.54. The fraction of sp³-hybridized carbons (Fsp3) is 0.846. The van der Waals surface area contributed by atoms with Crippen LogP contribution in [0.3, 0.4) is 0 Å². The lowest BCUT2D eigenvalue weighted by Crippen LogP contribution is -2.57. The summed E-state index contributed by atoms with van der Waals surface area (Å²) in [6, 6.07) is 0. The Morgan fingerprint density at radius 1 is 1.39 bits per heavy atom. The Balaban J connectivity index is 2.38. The monoisotopic (exact) mass is 256 g/mol. The standard InChI is InChI=1S/C13H24N2O3/c1-13(8-4-5-9-14-13)12(17)15(2)10-6-7-11(16)18-3/h14H,4-10H2,1-3H3. The van der Waals surface area contributed by atoms with Crippen molar-refractivity contribution in [2.75, 3.05) is 27.2 Å². The Hall–Kier alpha value is -1.10. The van der Waals surface area contributed by atoms with E-state index < -0.39 is 5.54 Å². The molecule has 0 bridgehead atoms. The van der Waals surface area contributed by atoms with Gasteiger partial charge in [0.05, 0.1) is 12.6 Å². The van der Waals surface area contributed by atoms with Crippen molar-refractivity contribution in [3.63, 3.8) is 0 Å². The Kier molecular flexibility index (Phi) is 5.59. The van der Waals surface area contributed by atoms with Gasteiger partial charge < -0.3 is 15.0 Å². The molecule has 0 aromatic heterocycles. The first kappa shape index (κ1) is 15.0. The van der Waals surface area contributed by atoms with E-state index in [0.29, 0.717) is 19.4 Å². The van der Waals surface area contributed by atoms with Crippen LogP contribution < -0.4 is 5.32 Å². The number of ether oxygens (including phenoxy) is 1. The first-order chi connectivity index (χ1) is 8.49. The summed E-state index contributed by atoms with van der Waals surface area (Å²) >= 11 is 0. The Bertz CT molecular complexity index is 299. The average Bonchev–Trinajstić information content (AvgIpc) is 2.38. The van der Waals surface area contributed by atoms with Gasteiger partial charge in [-0.15, -0.1) is 0 Å². The van der Waals surface area contributed by atoms with Gasteiger partial charge in [-0.25, -0.2) is 0 Å². The molecule has 1 fully saturated rings. The lowest BCUT2D eigenvalue weighted by Gasteiger charge is -2.36. The number of amides is 1. The second kappa shape index (κ2) is 6.73. The van der Waals surface area contributed by atoms with Crippen LogP contribution in [0.25, 0.3) is 0 Å². The molecule has 0 aliphatic carbocycles. The van der Waals surface area contributed by atoms with E-state index in [0.717, 1.165) is 25.8 Å². The highest BCUT2D eigenvalue weighted by Crippen LogP contribution is 2.20. The number of carbonyl (C=O) groups is 2. The fourth-order valence-electron chi connectivity index (χ4n) is 2.32. The van der Waals surface area contributed by atoms with Crippen molar-refractivity contribution in [3.8, 4) is 0 Å². The highest BCUT2D eigenvalue weighted by atomic mass is 16.5. The molecule has 0 radical (unpaired) electrons. The first-order valence-electron chi connectivity index (χ1n) is 6.57. The molecule has 1 rings (SSSR count). The van der Waals surface area contributed by atoms with Crippen LogP contribution in [-0.4, -0.2) is 49.6 Å². The van der Waals surface area contributed by atoms with Crippen LogP contribution in [0.15, 0.2) is 0 Å². The van der Waals surface area contributed by atoms with Gasteiger partial charge in [0.2, 0.25) is 5.91 Å². The van der Waals surface area contributed by atoms with E-state index in [-0.39, 0.29) is 11.9 Å². The molecule has 5 heteroatoms. The van der Waals surface area contributed by atoms with Gasteiger partial charge in [0.1, 0.15) is 0 Å². The molecule has 1 aliphatic heterocycles. The van der Waals surface area contributed by atoms with Gasteiger partial charge in [0.15, 0.2) is 0 Å². The van der Waals surface area contributed by atoms with E-state index in [1.807, 2.05) is 6.92 Å². The smallest absolute Gasteiger partial charge is 0.305 e. The van der Waals surface area contributed by atoms with Crippen LogP contribution in [0.5, 0.6) is 0 Å². The summed E-state index contributed by atoms with van der Waals surface area (Å²) in [4.78, 5) is 25.0. The molecule has 0 aromatic carbocycles. The average molecular weight is 256 g/mol. The van der Waals surface area contributed by atoms with Gasteiger partial charge in [-0.2, -0.15) is 0 Å². The molecule has 5 nitrogen and oxygen atoms in total. The summed E-state index contributed by atoms with van der Waals surface area (Å²) in [7, 11) is 3.17. The van der Waals surface area contributed by atoms with Crippen LogP contribution in [0, 0.1) is 0 Å². The summed E-state index contributed by atoms with van der Waals surface area (Å²) < 4.78 is 4.57. The van der Waals surface area contributed by atoms with Crippen molar-refractivity contribution in [2.24, 2.45) is 0 Å². The van der Waals surface area contributed by atoms with Gasteiger partial charge in [0.25, 0.3) is 0 Å². The van der Waals surface area contributed by atoms with E-state index >= 15 is 0 Å². The van der Waals surface area contributed by atoms with Crippen molar-refractivity contribution in [1.82, 2.24) is 10.2 Å². The highest BCUT2D eigenvalue weighted by Gasteiger charge is 2.36. The quantitative estimate of drug-likeness (QED) is 0.743. The number of rotatable bonds is 5. The largest absolute Gasteiger partial charge is 0.469 e. The van der Waals surface area contributed by atoms with E-state index in [4.69, 9.17) is 0 Å². The molecule has 104 valence electrons. The van der Waals surface area contributed by atoms with Crippen molar-refractivity contribution in [3.05, 3.63) is 0 Å². The van der Waals surface area contributed by atoms with Crippen molar-refractivity contribution in [2.45, 2.75) is 44.6 Å². The number of piperidine rings is 1. The highest BCUT2D eigenvalue weighted by molar-refractivity contribution is 5.85. The van der Waals surface area contributed by atoms with Crippen molar-refractivity contribution in [1.29, 1.82) is 0 Å². The fourth-order valence-corrected chi connectivity index (χ4v) is 2.32. The minimum absolute atomic E-state index is 0.118. The molecule has 1 atom stereocenters. The predicted octanol–water partition coefficient (Wildman–Crippen LogP) is 0.930. The minimum atomic E-state index is -0.432. The third kappa shape index (κ3) is 3.98. The zero-order chi connectivity index (χ0) is 13.6. The molecule has 0 spiro atoms. The van der Waals surface area contributed by atoms with Crippen LogP contribution in [0.4, 0.5) is 0 Å². The van der Waals surface area contributed by atoms with Crippen LogP contribution in [0.1, 0.15) is 39.0 Å². The van der Waals surface area contributed by atoms with Crippen molar-refractivity contribution < 1.29 is 14.3 Å². The van der Waals surface area contributed by atoms with Gasteiger partial charge in [0, 0.05) is 20.0 Å². The lowest BCUT2D eigenvalue weighted by atomic mass is 9.89. The number of methoxy groups -OCH3 is 1. The number of esters is 1. The lowest BCUT2D eigenvalue weighted by molar-refractivity contribution is -0.142. The number of nitrogens with zero attached hydrogens (tertiary/aromatic N) is 1. The summed E-state index contributed by atoms with van der Waals surface area (Å²) in [6.07, 6.45) is 4.11. The number of likely N-dealkylation sites (N-methyl/N-ethyl adjacent to an activating group) is 1. The third-order valence-electron chi connectivity index (χ3n) is 3.54. The number of nitrogens with one attached hydrogen (secondary N) is 1. The maximum absolute atomic E-state index is 12.3. The maximum Gasteiger partial charge on any atom is 0.305 e. The molecule has 0 saturated carbocycles. The Morgan fingerprint density at radius 3 is 2.67 bits per heavy atom. The number of carbonyl (C=O) groups excluding carboxylic acids is 2. The van der Waals surface area contributed by atoms with Crippen molar-refractivity contribution >= 4 is 11.9 Å². The second-order valence-corrected chi connectivity index (χ2v) is 5.12. The molecule has 1 saturated heterocycles. The molecular weight excluding hydrogens is 232 g/mol. The number of hydrogen-bond acceptors (Lipinski definition) is 4.